The van der Waals surface area contributed by atoms with Gasteiger partial charge in [0, 0.05) is 12.6 Å². The fourth-order valence-electron chi connectivity index (χ4n) is 0.641. The van der Waals surface area contributed by atoms with Crippen LogP contribution in [-0.4, -0.2) is 35.0 Å². The number of nitriles is 1. The second-order valence-corrected chi connectivity index (χ2v) is 4.91. The third-order valence-electron chi connectivity index (χ3n) is 1.21. The topological polar surface area (TPSA) is 110 Å². The van der Waals surface area contributed by atoms with Crippen LogP contribution in [0.15, 0.2) is 0 Å². The number of rotatable bonds is 6. The van der Waals surface area contributed by atoms with E-state index >= 15 is 0 Å². The highest BCUT2D eigenvalue weighted by molar-refractivity contribution is 7.57. The number of carbonyl (C=O) groups is 1. The van der Waals surface area contributed by atoms with Crippen molar-refractivity contribution in [1.82, 2.24) is 5.32 Å². The van der Waals surface area contributed by atoms with E-state index in [0.29, 0.717) is 0 Å². The van der Waals surface area contributed by atoms with Crippen molar-refractivity contribution in [3.63, 3.8) is 0 Å². The van der Waals surface area contributed by atoms with E-state index < -0.39 is 13.3 Å². The molecule has 1 unspecified atom stereocenters. The minimum absolute atomic E-state index is 0.00251. The van der Waals surface area contributed by atoms with Gasteiger partial charge in [-0.1, -0.05) is 0 Å². The van der Waals surface area contributed by atoms with Gasteiger partial charge in [-0.3, -0.25) is 14.7 Å². The quantitative estimate of drug-likeness (QED) is 0.519. The Labute approximate surface area is 75.6 Å². The fraction of sp³-hybridized carbons (Fsp3) is 0.667. The van der Waals surface area contributed by atoms with Gasteiger partial charge < -0.3 is 10.00 Å². The lowest BCUT2D eigenvalue weighted by atomic mass is 10.6. The van der Waals surface area contributed by atoms with Crippen molar-refractivity contribution in [1.29, 1.82) is 5.26 Å². The zero-order valence-electron chi connectivity index (χ0n) is 6.93. The summed E-state index contributed by atoms with van der Waals surface area (Å²) in [4.78, 5) is 19.1. The normalized spacial score (nSPS) is 14.5. The van der Waals surface area contributed by atoms with Crippen LogP contribution in [-0.2, 0) is 9.36 Å². The summed E-state index contributed by atoms with van der Waals surface area (Å²) in [5, 5.41) is 18.7. The van der Waals surface area contributed by atoms with Gasteiger partial charge in [-0.25, -0.2) is 0 Å². The first-order valence-corrected chi connectivity index (χ1v) is 5.61. The van der Waals surface area contributed by atoms with Crippen molar-refractivity contribution in [2.75, 3.05) is 19.0 Å². The van der Waals surface area contributed by atoms with E-state index in [0.717, 1.165) is 0 Å². The van der Waals surface area contributed by atoms with Gasteiger partial charge in [0.1, 0.15) is 0 Å². The molecule has 0 aliphatic rings. The summed E-state index contributed by atoms with van der Waals surface area (Å²) in [6.07, 6.45) is -0.361. The van der Waals surface area contributed by atoms with Gasteiger partial charge in [0.15, 0.2) is 0 Å². The summed E-state index contributed by atoms with van der Waals surface area (Å²) in [7, 11) is -3.36. The van der Waals surface area contributed by atoms with Crippen LogP contribution in [0.1, 0.15) is 6.42 Å². The number of carboxylic acid groups (broad SMARTS) is 1. The molecule has 0 aromatic heterocycles. The van der Waals surface area contributed by atoms with Crippen molar-refractivity contribution in [3.05, 3.63) is 0 Å². The molecule has 0 bridgehead atoms. The van der Waals surface area contributed by atoms with Crippen molar-refractivity contribution < 1.29 is 19.4 Å². The van der Waals surface area contributed by atoms with Crippen LogP contribution in [0.25, 0.3) is 0 Å². The number of carboxylic acids is 1. The lowest BCUT2D eigenvalue weighted by Crippen LogP contribution is -2.24. The molecule has 0 aromatic rings. The van der Waals surface area contributed by atoms with Crippen LogP contribution in [0.5, 0.6) is 0 Å². The summed E-state index contributed by atoms with van der Waals surface area (Å²) >= 11 is 0. The van der Waals surface area contributed by atoms with E-state index in [9.17, 15) is 9.36 Å². The molecule has 74 valence electrons. The molecule has 0 saturated carbocycles. The van der Waals surface area contributed by atoms with E-state index in [4.69, 9.17) is 15.3 Å². The van der Waals surface area contributed by atoms with E-state index in [1.54, 1.807) is 6.07 Å². The molecule has 0 amide bonds. The molecule has 0 rings (SSSR count). The molecule has 0 heterocycles. The van der Waals surface area contributed by atoms with Crippen molar-refractivity contribution in [2.45, 2.75) is 6.42 Å². The molecular formula is C6H11N2O4P. The molecule has 0 fully saturated rings. The van der Waals surface area contributed by atoms with E-state index in [1.165, 1.54) is 0 Å². The van der Waals surface area contributed by atoms with Gasteiger partial charge in [0.25, 0.3) is 0 Å². The van der Waals surface area contributed by atoms with Crippen LogP contribution < -0.4 is 5.32 Å². The first-order valence-electron chi connectivity index (χ1n) is 3.58. The summed E-state index contributed by atoms with van der Waals surface area (Å²) in [6.45, 7) is -0.350. The zero-order chi connectivity index (χ0) is 10.3. The Morgan fingerprint density at radius 3 is 2.69 bits per heavy atom. The average molecular weight is 206 g/mol. The maximum Gasteiger partial charge on any atom is 0.317 e. The van der Waals surface area contributed by atoms with Crippen LogP contribution in [0, 0.1) is 11.3 Å². The molecule has 0 aliphatic carbocycles. The maximum atomic E-state index is 11.1. The van der Waals surface area contributed by atoms with Gasteiger partial charge in [0.05, 0.1) is 18.9 Å². The third-order valence-corrected chi connectivity index (χ3v) is 2.85. The number of hydrogen-bond acceptors (Lipinski definition) is 4. The Kier molecular flexibility index (Phi) is 5.31. The minimum atomic E-state index is -3.36. The Hall–Kier alpha value is -0.890. The fourth-order valence-corrected chi connectivity index (χ4v) is 1.71. The number of hydrogen-bond donors (Lipinski definition) is 3. The Bertz CT molecular complexity index is 260. The third kappa shape index (κ3) is 7.47. The molecule has 0 radical (unpaired) electrons. The predicted molar refractivity (Wildman–Crippen MR) is 45.4 cm³/mol. The van der Waals surface area contributed by atoms with Gasteiger partial charge in [0.2, 0.25) is 7.37 Å². The Balaban J connectivity index is 3.70. The van der Waals surface area contributed by atoms with Gasteiger partial charge >= 0.3 is 5.97 Å². The highest BCUT2D eigenvalue weighted by Gasteiger charge is 2.16. The molecule has 0 aromatic carbocycles. The summed E-state index contributed by atoms with van der Waals surface area (Å²) in [5.74, 6) is -1.08. The Morgan fingerprint density at radius 1 is 1.62 bits per heavy atom. The van der Waals surface area contributed by atoms with E-state index in [-0.39, 0.29) is 25.4 Å². The van der Waals surface area contributed by atoms with Gasteiger partial charge in [-0.05, 0) is 0 Å². The van der Waals surface area contributed by atoms with Crippen molar-refractivity contribution in [2.24, 2.45) is 0 Å². The lowest BCUT2D eigenvalue weighted by Gasteiger charge is -2.08. The predicted octanol–water partition coefficient (Wildman–Crippen LogP) is -0.198. The summed E-state index contributed by atoms with van der Waals surface area (Å²) in [6, 6.07) is 1.75. The SMILES string of the molecule is N#CCCP(=O)(O)CNCC(=O)O. The van der Waals surface area contributed by atoms with Gasteiger partial charge in [-0.15, -0.1) is 0 Å². The highest BCUT2D eigenvalue weighted by Crippen LogP contribution is 2.39. The average Bonchev–Trinajstić information content (AvgIpc) is 2.00. The molecule has 1 atom stereocenters. The zero-order valence-corrected chi connectivity index (χ0v) is 7.83. The van der Waals surface area contributed by atoms with Crippen LogP contribution in [0.2, 0.25) is 0 Å². The van der Waals surface area contributed by atoms with Crippen molar-refractivity contribution >= 4 is 13.3 Å². The number of nitrogens with zero attached hydrogens (tertiary/aromatic N) is 1. The smallest absolute Gasteiger partial charge is 0.317 e. The highest BCUT2D eigenvalue weighted by atomic mass is 31.2. The second-order valence-electron chi connectivity index (χ2n) is 2.46. The molecule has 6 nitrogen and oxygen atoms in total. The molecule has 13 heavy (non-hydrogen) atoms. The Morgan fingerprint density at radius 2 is 2.23 bits per heavy atom. The first-order chi connectivity index (χ1) is 5.98. The van der Waals surface area contributed by atoms with Crippen LogP contribution >= 0.6 is 7.37 Å². The van der Waals surface area contributed by atoms with E-state index in [2.05, 4.69) is 5.32 Å². The first kappa shape index (κ1) is 12.1. The molecule has 3 N–H and O–H groups in total. The molecule has 0 spiro atoms. The maximum absolute atomic E-state index is 11.1. The van der Waals surface area contributed by atoms with Crippen LogP contribution in [0.3, 0.4) is 0 Å². The molecule has 0 saturated heterocycles. The standard InChI is InChI=1S/C6H11N2O4P/c7-2-1-3-13(11,12)5-8-4-6(9)10/h8H,1,3-5H2,(H,9,10)(H,11,12). The lowest BCUT2D eigenvalue weighted by molar-refractivity contribution is -0.135. The number of aliphatic carboxylic acids is 1. The summed E-state index contributed by atoms with van der Waals surface area (Å²) in [5.41, 5.74) is 0. The molecule has 0 aliphatic heterocycles. The van der Waals surface area contributed by atoms with Crippen LogP contribution in [0.4, 0.5) is 0 Å². The van der Waals surface area contributed by atoms with Gasteiger partial charge in [-0.2, -0.15) is 5.26 Å². The van der Waals surface area contributed by atoms with Crippen molar-refractivity contribution in [3.8, 4) is 6.07 Å². The van der Waals surface area contributed by atoms with E-state index in [1.807, 2.05) is 0 Å². The largest absolute Gasteiger partial charge is 0.480 e. The molecular weight excluding hydrogens is 195 g/mol. The second kappa shape index (κ2) is 5.70. The monoisotopic (exact) mass is 206 g/mol. The summed E-state index contributed by atoms with van der Waals surface area (Å²) < 4.78 is 11.1. The number of nitrogens with one attached hydrogen (secondary N) is 1. The molecule has 7 heteroatoms. The minimum Gasteiger partial charge on any atom is -0.480 e.